The molecule has 0 amide bonds. The van der Waals surface area contributed by atoms with E-state index in [9.17, 15) is 0 Å². The molecule has 0 bridgehead atoms. The summed E-state index contributed by atoms with van der Waals surface area (Å²) in [6, 6.07) is 20.2. The van der Waals surface area contributed by atoms with E-state index in [0.29, 0.717) is 52.4 Å². The minimum absolute atomic E-state index is 0.589. The highest BCUT2D eigenvalue weighted by atomic mass is 15.0. The zero-order valence-corrected chi connectivity index (χ0v) is 22.3. The Morgan fingerprint density at radius 3 is 1.38 bits per heavy atom. The standard InChI is InChI=1S/C30H25N9/c1-16-31-17(2)34-27(33-16)21-10-12-22(13-11-21)28-37-20(5)38-30(39-28)26-15-24(14-23-8-6-7-9-25(23)26)29-35-18(3)32-19(4)36-29/h6-15H,1-5H3. The van der Waals surface area contributed by atoms with Crippen LogP contribution in [-0.2, 0) is 0 Å². The first-order valence-electron chi connectivity index (χ1n) is 12.6. The number of hydrogen-bond acceptors (Lipinski definition) is 9. The molecule has 0 saturated carbocycles. The molecule has 39 heavy (non-hydrogen) atoms. The average Bonchev–Trinajstić information content (AvgIpc) is 2.91. The maximum absolute atomic E-state index is 4.91. The molecule has 190 valence electrons. The van der Waals surface area contributed by atoms with Gasteiger partial charge in [0.1, 0.15) is 29.1 Å². The second kappa shape index (κ2) is 9.68. The highest BCUT2D eigenvalue weighted by Crippen LogP contribution is 2.32. The summed E-state index contributed by atoms with van der Waals surface area (Å²) >= 11 is 0. The molecule has 3 aromatic carbocycles. The molecule has 9 nitrogen and oxygen atoms in total. The Hall–Kier alpha value is -5.05. The van der Waals surface area contributed by atoms with E-state index in [1.807, 2.05) is 77.1 Å². The van der Waals surface area contributed by atoms with Crippen molar-refractivity contribution in [2.75, 3.05) is 0 Å². The third-order valence-corrected chi connectivity index (χ3v) is 6.23. The van der Waals surface area contributed by atoms with Gasteiger partial charge in [0.2, 0.25) is 0 Å². The number of benzene rings is 3. The number of fused-ring (bicyclic) bond motifs is 1. The first-order valence-corrected chi connectivity index (χ1v) is 12.6. The summed E-state index contributed by atoms with van der Waals surface area (Å²) < 4.78 is 0. The average molecular weight is 512 g/mol. The van der Waals surface area contributed by atoms with Crippen LogP contribution in [0.5, 0.6) is 0 Å². The van der Waals surface area contributed by atoms with Gasteiger partial charge in [-0.1, -0.05) is 48.5 Å². The van der Waals surface area contributed by atoms with E-state index in [-0.39, 0.29) is 0 Å². The zero-order valence-electron chi connectivity index (χ0n) is 22.3. The summed E-state index contributed by atoms with van der Waals surface area (Å²) in [6.45, 7) is 9.35. The van der Waals surface area contributed by atoms with Crippen LogP contribution < -0.4 is 0 Å². The van der Waals surface area contributed by atoms with Crippen molar-refractivity contribution in [2.24, 2.45) is 0 Å². The maximum Gasteiger partial charge on any atom is 0.164 e. The Bertz CT molecular complexity index is 1820. The van der Waals surface area contributed by atoms with E-state index in [2.05, 4.69) is 53.1 Å². The second-order valence-electron chi connectivity index (χ2n) is 9.36. The van der Waals surface area contributed by atoms with E-state index in [1.54, 1.807) is 0 Å². The van der Waals surface area contributed by atoms with Crippen molar-refractivity contribution in [3.8, 4) is 45.6 Å². The molecule has 0 spiro atoms. The van der Waals surface area contributed by atoms with Crippen LogP contribution in [0.25, 0.3) is 56.3 Å². The van der Waals surface area contributed by atoms with E-state index >= 15 is 0 Å². The van der Waals surface area contributed by atoms with Crippen LogP contribution in [0.2, 0.25) is 0 Å². The van der Waals surface area contributed by atoms with Crippen molar-refractivity contribution < 1.29 is 0 Å². The summed E-state index contributed by atoms with van der Waals surface area (Å²) in [5.74, 6) is 5.81. The molecule has 0 aliphatic heterocycles. The molecule has 6 rings (SSSR count). The summed E-state index contributed by atoms with van der Waals surface area (Å²) in [7, 11) is 0. The molecule has 0 aliphatic rings. The van der Waals surface area contributed by atoms with E-state index in [4.69, 9.17) is 9.97 Å². The molecule has 0 unspecified atom stereocenters. The molecule has 3 heterocycles. The van der Waals surface area contributed by atoms with Gasteiger partial charge in [-0.2, -0.15) is 0 Å². The molecule has 0 saturated heterocycles. The lowest BCUT2D eigenvalue weighted by molar-refractivity contribution is 0.928. The molecule has 0 aliphatic carbocycles. The summed E-state index contributed by atoms with van der Waals surface area (Å²) in [6.07, 6.45) is 0. The van der Waals surface area contributed by atoms with Gasteiger partial charge >= 0.3 is 0 Å². The number of nitrogens with zero attached hydrogens (tertiary/aromatic N) is 9. The van der Waals surface area contributed by atoms with Crippen molar-refractivity contribution in [2.45, 2.75) is 34.6 Å². The fraction of sp³-hybridized carbons (Fsp3) is 0.167. The maximum atomic E-state index is 4.91. The van der Waals surface area contributed by atoms with Crippen molar-refractivity contribution in [1.29, 1.82) is 0 Å². The molecular formula is C30H25N9. The molecule has 0 atom stereocenters. The highest BCUT2D eigenvalue weighted by Gasteiger charge is 2.15. The van der Waals surface area contributed by atoms with Crippen molar-refractivity contribution in [3.63, 3.8) is 0 Å². The molecule has 0 radical (unpaired) electrons. The van der Waals surface area contributed by atoms with Gasteiger partial charge in [0.25, 0.3) is 0 Å². The predicted octanol–water partition coefficient (Wildman–Crippen LogP) is 5.60. The third-order valence-electron chi connectivity index (χ3n) is 6.23. The molecule has 0 N–H and O–H groups in total. The smallest absolute Gasteiger partial charge is 0.164 e. The van der Waals surface area contributed by atoms with Gasteiger partial charge in [-0.3, -0.25) is 0 Å². The van der Waals surface area contributed by atoms with Crippen LogP contribution in [0.15, 0.2) is 60.7 Å². The molecule has 6 aromatic rings. The lowest BCUT2D eigenvalue weighted by Gasteiger charge is -2.11. The zero-order chi connectivity index (χ0) is 27.1. The first kappa shape index (κ1) is 24.3. The van der Waals surface area contributed by atoms with Gasteiger partial charge in [0.05, 0.1) is 0 Å². The van der Waals surface area contributed by atoms with E-state index in [1.165, 1.54) is 0 Å². The van der Waals surface area contributed by atoms with Crippen molar-refractivity contribution in [1.82, 2.24) is 44.9 Å². The topological polar surface area (TPSA) is 116 Å². The Morgan fingerprint density at radius 1 is 0.385 bits per heavy atom. The van der Waals surface area contributed by atoms with Crippen LogP contribution in [-0.4, -0.2) is 44.9 Å². The fourth-order valence-corrected chi connectivity index (χ4v) is 4.61. The van der Waals surface area contributed by atoms with Gasteiger partial charge in [-0.25, -0.2) is 44.9 Å². The van der Waals surface area contributed by atoms with Gasteiger partial charge in [-0.15, -0.1) is 0 Å². The minimum Gasteiger partial charge on any atom is -0.219 e. The molecule has 0 fully saturated rings. The Kier molecular flexibility index (Phi) is 6.03. The van der Waals surface area contributed by atoms with E-state index < -0.39 is 0 Å². The second-order valence-corrected chi connectivity index (χ2v) is 9.36. The Balaban J connectivity index is 1.46. The van der Waals surface area contributed by atoms with Crippen LogP contribution in [0.1, 0.15) is 29.1 Å². The third kappa shape index (κ3) is 4.94. The predicted molar refractivity (Wildman–Crippen MR) is 150 cm³/mol. The van der Waals surface area contributed by atoms with Gasteiger partial charge in [0.15, 0.2) is 23.3 Å². The minimum atomic E-state index is 0.589. The molecule has 9 heteroatoms. The Morgan fingerprint density at radius 2 is 0.821 bits per heavy atom. The molecule has 3 aromatic heterocycles. The molecular weight excluding hydrogens is 486 g/mol. The number of hydrogen-bond donors (Lipinski definition) is 0. The summed E-state index contributed by atoms with van der Waals surface area (Å²) in [5, 5.41) is 2.09. The van der Waals surface area contributed by atoms with Crippen LogP contribution in [0, 0.1) is 34.6 Å². The van der Waals surface area contributed by atoms with Crippen LogP contribution in [0.3, 0.4) is 0 Å². The van der Waals surface area contributed by atoms with Crippen molar-refractivity contribution >= 4 is 10.8 Å². The lowest BCUT2D eigenvalue weighted by atomic mass is 9.99. The summed E-state index contributed by atoms with van der Waals surface area (Å²) in [5.41, 5.74) is 3.54. The fourth-order valence-electron chi connectivity index (χ4n) is 4.61. The van der Waals surface area contributed by atoms with Crippen LogP contribution in [0.4, 0.5) is 0 Å². The van der Waals surface area contributed by atoms with E-state index in [0.717, 1.165) is 33.0 Å². The van der Waals surface area contributed by atoms with Crippen LogP contribution >= 0.6 is 0 Å². The van der Waals surface area contributed by atoms with Gasteiger partial charge in [0, 0.05) is 22.3 Å². The van der Waals surface area contributed by atoms with Gasteiger partial charge < -0.3 is 0 Å². The monoisotopic (exact) mass is 511 g/mol. The lowest BCUT2D eigenvalue weighted by Crippen LogP contribution is -2.02. The quantitative estimate of drug-likeness (QED) is 0.298. The van der Waals surface area contributed by atoms with Crippen molar-refractivity contribution in [3.05, 3.63) is 89.8 Å². The highest BCUT2D eigenvalue weighted by molar-refractivity contribution is 5.98. The largest absolute Gasteiger partial charge is 0.219 e. The Labute approximate surface area is 225 Å². The number of rotatable bonds is 4. The SMILES string of the molecule is Cc1nc(C)nc(-c2ccc(-c3nc(C)nc(-c4cc(-c5nc(C)nc(C)n5)cc5ccccc45)n3)cc2)n1. The number of aryl methyl sites for hydroxylation is 5. The van der Waals surface area contributed by atoms with Gasteiger partial charge in [-0.05, 0) is 57.5 Å². The first-order chi connectivity index (χ1) is 18.8. The normalized spacial score (nSPS) is 11.2. The summed E-state index contributed by atoms with van der Waals surface area (Å²) in [4.78, 5) is 41.0. The number of aromatic nitrogens is 9.